The van der Waals surface area contributed by atoms with E-state index in [-0.39, 0.29) is 17.3 Å². The summed E-state index contributed by atoms with van der Waals surface area (Å²) in [6.07, 6.45) is -1.20. The molecule has 3 atom stereocenters. The number of halogens is 3. The number of hydrogen-bond donors (Lipinski definition) is 2. The van der Waals surface area contributed by atoms with Crippen LogP contribution >= 0.6 is 0 Å². The van der Waals surface area contributed by atoms with Gasteiger partial charge in [-0.25, -0.2) is 0 Å². The van der Waals surface area contributed by atoms with Crippen molar-refractivity contribution >= 4 is 17.4 Å². The van der Waals surface area contributed by atoms with E-state index in [4.69, 9.17) is 9.57 Å². The van der Waals surface area contributed by atoms with Crippen LogP contribution in [-0.4, -0.2) is 30.6 Å². The zero-order valence-corrected chi connectivity index (χ0v) is 20.7. The van der Waals surface area contributed by atoms with Gasteiger partial charge in [-0.05, 0) is 69.9 Å². The summed E-state index contributed by atoms with van der Waals surface area (Å²) in [5, 5.41) is 2.94. The van der Waals surface area contributed by atoms with Crippen LogP contribution in [0.25, 0.3) is 5.70 Å². The largest absolute Gasteiger partial charge is 0.573 e. The highest BCUT2D eigenvalue weighted by molar-refractivity contribution is 5.77. The zero-order chi connectivity index (χ0) is 26.1. The Hall–Kier alpha value is -3.20. The molecule has 0 aromatic heterocycles. The van der Waals surface area contributed by atoms with E-state index in [0.717, 1.165) is 5.56 Å². The molecular formula is C27H31F3N2O4. The maximum Gasteiger partial charge on any atom is 0.573 e. The van der Waals surface area contributed by atoms with E-state index in [0.29, 0.717) is 30.6 Å². The van der Waals surface area contributed by atoms with Gasteiger partial charge in [0.1, 0.15) is 17.0 Å². The lowest BCUT2D eigenvalue weighted by Gasteiger charge is -2.43. The topological polar surface area (TPSA) is 68.8 Å². The molecule has 1 unspecified atom stereocenters. The molecule has 194 valence electrons. The Morgan fingerprint density at radius 2 is 1.86 bits per heavy atom. The average molecular weight is 505 g/mol. The van der Waals surface area contributed by atoms with Crippen LogP contribution in [0, 0.1) is 5.92 Å². The van der Waals surface area contributed by atoms with Crippen LogP contribution in [-0.2, 0) is 14.4 Å². The Labute approximate surface area is 208 Å². The minimum absolute atomic E-state index is 0.197. The zero-order valence-electron chi connectivity index (χ0n) is 20.7. The van der Waals surface area contributed by atoms with Gasteiger partial charge in [-0.15, -0.1) is 13.2 Å². The van der Waals surface area contributed by atoms with Crippen molar-refractivity contribution in [2.45, 2.75) is 63.5 Å². The Morgan fingerprint density at radius 1 is 1.14 bits per heavy atom. The number of hydroxylamine groups is 1. The molecule has 2 aromatic rings. The summed E-state index contributed by atoms with van der Waals surface area (Å²) in [7, 11) is 1.68. The van der Waals surface area contributed by atoms with Gasteiger partial charge in [0.25, 0.3) is 0 Å². The predicted molar refractivity (Wildman–Crippen MR) is 130 cm³/mol. The van der Waals surface area contributed by atoms with E-state index in [9.17, 15) is 18.0 Å². The first-order valence-electron chi connectivity index (χ1n) is 11.9. The normalized spacial score (nSPS) is 24.1. The predicted octanol–water partition coefficient (Wildman–Crippen LogP) is 6.17. The lowest BCUT2D eigenvalue weighted by atomic mass is 9.65. The lowest BCUT2D eigenvalue weighted by Crippen LogP contribution is -2.47. The molecule has 0 radical (unpaired) electrons. The minimum Gasteiger partial charge on any atom is -0.460 e. The third kappa shape index (κ3) is 5.61. The van der Waals surface area contributed by atoms with Crippen molar-refractivity contribution in [3.63, 3.8) is 0 Å². The number of anilines is 1. The van der Waals surface area contributed by atoms with Crippen molar-refractivity contribution in [2.24, 2.45) is 5.92 Å². The summed E-state index contributed by atoms with van der Waals surface area (Å²) in [6, 6.07) is 13.9. The van der Waals surface area contributed by atoms with E-state index in [1.54, 1.807) is 19.2 Å². The fourth-order valence-electron chi connectivity index (χ4n) is 5.04. The van der Waals surface area contributed by atoms with Crippen LogP contribution in [0.4, 0.5) is 18.9 Å². The first-order valence-corrected chi connectivity index (χ1v) is 11.9. The summed E-state index contributed by atoms with van der Waals surface area (Å²) in [6.45, 7) is 5.47. The number of carbonyl (C=O) groups is 1. The quantitative estimate of drug-likeness (QED) is 0.475. The number of alkyl halides is 3. The van der Waals surface area contributed by atoms with E-state index >= 15 is 0 Å². The van der Waals surface area contributed by atoms with Crippen molar-refractivity contribution in [2.75, 3.05) is 12.4 Å². The van der Waals surface area contributed by atoms with Gasteiger partial charge in [0, 0.05) is 24.2 Å². The Kier molecular flexibility index (Phi) is 6.96. The van der Waals surface area contributed by atoms with Gasteiger partial charge in [0.05, 0.1) is 11.6 Å². The van der Waals surface area contributed by atoms with Crippen LogP contribution in [0.1, 0.15) is 57.1 Å². The number of nitrogens with one attached hydrogen (secondary N) is 2. The molecule has 1 heterocycles. The third-order valence-corrected chi connectivity index (χ3v) is 6.40. The number of carbonyl (C=O) groups excluding carboxylic acids is 1. The third-order valence-electron chi connectivity index (χ3n) is 6.40. The molecule has 0 saturated heterocycles. The Bertz CT molecular complexity index is 1130. The molecule has 2 N–H and O–H groups in total. The summed E-state index contributed by atoms with van der Waals surface area (Å²) in [5.41, 5.74) is 3.27. The fourth-order valence-corrected chi connectivity index (χ4v) is 5.04. The van der Waals surface area contributed by atoms with Gasteiger partial charge in [-0.2, -0.15) is 0 Å². The second-order valence-electron chi connectivity index (χ2n) is 10.1. The highest BCUT2D eigenvalue weighted by Crippen LogP contribution is 2.51. The van der Waals surface area contributed by atoms with E-state index in [1.165, 1.54) is 12.1 Å². The van der Waals surface area contributed by atoms with Crippen molar-refractivity contribution in [3.8, 4) is 5.75 Å². The van der Waals surface area contributed by atoms with Crippen LogP contribution in [0.3, 0.4) is 0 Å². The SMILES string of the molecule is CNc1ccc(OC(F)(F)F)c(C2=C[C@]3(CCCC(C(=O)OC(C)(C)C)[C@H]3c3ccccc3)ON2)c1. The number of ether oxygens (including phenoxy) is 2. The maximum atomic E-state index is 13.3. The minimum atomic E-state index is -4.85. The van der Waals surface area contributed by atoms with Gasteiger partial charge >= 0.3 is 12.3 Å². The summed E-state index contributed by atoms with van der Waals surface area (Å²) in [4.78, 5) is 19.5. The Balaban J connectivity index is 1.79. The highest BCUT2D eigenvalue weighted by Gasteiger charge is 2.52. The van der Waals surface area contributed by atoms with Gasteiger partial charge in [0.15, 0.2) is 0 Å². The molecule has 36 heavy (non-hydrogen) atoms. The fraction of sp³-hybridized carbons (Fsp3) is 0.444. The van der Waals surface area contributed by atoms with Crippen molar-refractivity contribution < 1.29 is 32.3 Å². The summed E-state index contributed by atoms with van der Waals surface area (Å²) in [5.74, 6) is -1.57. The van der Waals surface area contributed by atoms with Crippen LogP contribution in [0.2, 0.25) is 0 Å². The van der Waals surface area contributed by atoms with Gasteiger partial charge in [-0.1, -0.05) is 30.3 Å². The summed E-state index contributed by atoms with van der Waals surface area (Å²) < 4.78 is 49.5. The number of esters is 1. The highest BCUT2D eigenvalue weighted by atomic mass is 19.4. The summed E-state index contributed by atoms with van der Waals surface area (Å²) >= 11 is 0. The monoisotopic (exact) mass is 504 g/mol. The van der Waals surface area contributed by atoms with Gasteiger partial charge in [0.2, 0.25) is 0 Å². The second-order valence-corrected chi connectivity index (χ2v) is 10.1. The standard InChI is InChI=1S/C27H31F3N2O4/c1-25(2,3)35-24(33)19-11-8-14-26(23(19)17-9-6-5-7-10-17)16-21(32-36-26)20-15-18(31-4)12-13-22(20)34-27(28,29)30/h5-7,9-10,12-13,15-16,19,23,31-32H,8,11,14H2,1-4H3/t19?,23-,26+/m1/s1. The second kappa shape index (κ2) is 9.69. The molecule has 6 nitrogen and oxygen atoms in total. The molecule has 2 aliphatic rings. The number of rotatable bonds is 5. The van der Waals surface area contributed by atoms with Crippen LogP contribution in [0.5, 0.6) is 5.75 Å². The van der Waals surface area contributed by atoms with Crippen LogP contribution in [0.15, 0.2) is 54.6 Å². The molecule has 1 aliphatic carbocycles. The molecule has 2 aromatic carbocycles. The van der Waals surface area contributed by atoms with E-state index in [2.05, 4.69) is 15.5 Å². The molecule has 1 fully saturated rings. The Morgan fingerprint density at radius 3 is 2.50 bits per heavy atom. The van der Waals surface area contributed by atoms with Crippen LogP contribution < -0.4 is 15.5 Å². The number of hydrogen-bond acceptors (Lipinski definition) is 6. The molecule has 1 saturated carbocycles. The molecule has 9 heteroatoms. The average Bonchev–Trinajstić information content (AvgIpc) is 3.21. The first-order chi connectivity index (χ1) is 16.9. The lowest BCUT2D eigenvalue weighted by molar-refractivity contribution is -0.274. The molecular weight excluding hydrogens is 473 g/mol. The van der Waals surface area contributed by atoms with Crippen molar-refractivity contribution in [1.82, 2.24) is 5.48 Å². The van der Waals surface area contributed by atoms with Gasteiger partial charge < -0.3 is 14.8 Å². The molecule has 1 spiro atoms. The molecule has 1 aliphatic heterocycles. The molecule has 0 amide bonds. The first kappa shape index (κ1) is 25.9. The number of benzene rings is 2. The maximum absolute atomic E-state index is 13.3. The molecule has 4 rings (SSSR count). The smallest absolute Gasteiger partial charge is 0.460 e. The van der Waals surface area contributed by atoms with Crippen molar-refractivity contribution in [1.29, 1.82) is 0 Å². The van der Waals surface area contributed by atoms with E-state index < -0.39 is 29.4 Å². The van der Waals surface area contributed by atoms with E-state index in [1.807, 2.05) is 51.1 Å². The molecule has 0 bridgehead atoms. The van der Waals surface area contributed by atoms with Crippen molar-refractivity contribution in [3.05, 3.63) is 65.7 Å². The van der Waals surface area contributed by atoms with Gasteiger partial charge in [-0.3, -0.25) is 15.1 Å².